The number of amides is 2. The number of hydrogen-bond donors (Lipinski definition) is 2. The van der Waals surface area contributed by atoms with Gasteiger partial charge in [-0.25, -0.2) is 4.79 Å². The minimum absolute atomic E-state index is 0.0212. The van der Waals surface area contributed by atoms with Crippen LogP contribution in [-0.2, 0) is 6.54 Å². The molecule has 2 aromatic rings. The summed E-state index contributed by atoms with van der Waals surface area (Å²) in [5, 5.41) is 11.8. The molecule has 5 nitrogen and oxygen atoms in total. The van der Waals surface area contributed by atoms with Crippen molar-refractivity contribution < 1.29 is 14.6 Å². The minimum atomic E-state index is -0.150. The third-order valence-corrected chi connectivity index (χ3v) is 3.93. The summed E-state index contributed by atoms with van der Waals surface area (Å²) in [6.45, 7) is 2.55. The highest BCUT2D eigenvalue weighted by molar-refractivity contribution is 5.74. The monoisotopic (exact) mass is 328 g/mol. The normalized spacial score (nSPS) is 11.6. The summed E-state index contributed by atoms with van der Waals surface area (Å²) in [6.07, 6.45) is 0. The molecule has 128 valence electrons. The van der Waals surface area contributed by atoms with Crippen molar-refractivity contribution in [2.24, 2.45) is 0 Å². The fourth-order valence-electron chi connectivity index (χ4n) is 2.37. The lowest BCUT2D eigenvalue weighted by atomic mass is 10.1. The van der Waals surface area contributed by atoms with Crippen LogP contribution in [0.2, 0.25) is 0 Å². The van der Waals surface area contributed by atoms with E-state index in [0.29, 0.717) is 12.3 Å². The molecule has 2 rings (SSSR count). The van der Waals surface area contributed by atoms with Crippen LogP contribution in [0, 0.1) is 0 Å². The molecule has 0 fully saturated rings. The number of aliphatic hydroxyl groups excluding tert-OH is 1. The van der Waals surface area contributed by atoms with Crippen LogP contribution in [-0.4, -0.2) is 36.3 Å². The summed E-state index contributed by atoms with van der Waals surface area (Å²) in [6, 6.07) is 17.2. The Kier molecular flexibility index (Phi) is 6.63. The Hall–Kier alpha value is -2.53. The van der Waals surface area contributed by atoms with Gasteiger partial charge in [0, 0.05) is 19.2 Å². The van der Waals surface area contributed by atoms with Gasteiger partial charge < -0.3 is 20.1 Å². The highest BCUT2D eigenvalue weighted by Gasteiger charge is 2.17. The van der Waals surface area contributed by atoms with Gasteiger partial charge in [0.15, 0.2) is 0 Å². The SMILES string of the molecule is CC(c1ccccc1)N(C)C(=O)NCc1ccccc1OCCO. The summed E-state index contributed by atoms with van der Waals surface area (Å²) in [4.78, 5) is 14.1. The molecule has 0 aliphatic heterocycles. The average Bonchev–Trinajstić information content (AvgIpc) is 2.64. The third-order valence-electron chi connectivity index (χ3n) is 3.93. The number of ether oxygens (including phenoxy) is 1. The maximum absolute atomic E-state index is 12.4. The topological polar surface area (TPSA) is 61.8 Å². The van der Waals surface area contributed by atoms with Crippen molar-refractivity contribution in [3.8, 4) is 5.75 Å². The highest BCUT2D eigenvalue weighted by Crippen LogP contribution is 2.20. The second-order valence-corrected chi connectivity index (χ2v) is 5.54. The number of urea groups is 1. The predicted molar refractivity (Wildman–Crippen MR) is 93.9 cm³/mol. The zero-order chi connectivity index (χ0) is 17.4. The third kappa shape index (κ3) is 4.73. The second kappa shape index (κ2) is 8.93. The van der Waals surface area contributed by atoms with E-state index in [1.54, 1.807) is 11.9 Å². The maximum atomic E-state index is 12.4. The van der Waals surface area contributed by atoms with Gasteiger partial charge in [0.2, 0.25) is 0 Å². The summed E-state index contributed by atoms with van der Waals surface area (Å²) in [7, 11) is 1.78. The fourth-order valence-corrected chi connectivity index (χ4v) is 2.37. The maximum Gasteiger partial charge on any atom is 0.317 e. The molecule has 1 unspecified atom stereocenters. The van der Waals surface area contributed by atoms with Gasteiger partial charge in [0.05, 0.1) is 12.6 Å². The molecule has 0 aliphatic carbocycles. The molecule has 2 aromatic carbocycles. The lowest BCUT2D eigenvalue weighted by molar-refractivity contribution is 0.192. The Morgan fingerprint density at radius 1 is 1.17 bits per heavy atom. The number of hydrogen-bond acceptors (Lipinski definition) is 3. The van der Waals surface area contributed by atoms with E-state index in [1.807, 2.05) is 61.5 Å². The van der Waals surface area contributed by atoms with Crippen LogP contribution in [0.4, 0.5) is 4.79 Å². The van der Waals surface area contributed by atoms with Crippen LogP contribution in [0.15, 0.2) is 54.6 Å². The Balaban J connectivity index is 1.95. The molecule has 2 amide bonds. The van der Waals surface area contributed by atoms with E-state index in [-0.39, 0.29) is 25.3 Å². The van der Waals surface area contributed by atoms with Crippen LogP contribution in [0.25, 0.3) is 0 Å². The van der Waals surface area contributed by atoms with E-state index in [2.05, 4.69) is 5.32 Å². The molecule has 0 radical (unpaired) electrons. The molecule has 24 heavy (non-hydrogen) atoms. The second-order valence-electron chi connectivity index (χ2n) is 5.54. The molecule has 1 atom stereocenters. The predicted octanol–water partition coefficient (Wildman–Crippen LogP) is 2.96. The number of carbonyl (C=O) groups excluding carboxylic acids is 1. The van der Waals surface area contributed by atoms with Gasteiger partial charge >= 0.3 is 6.03 Å². The first kappa shape index (κ1) is 17.8. The summed E-state index contributed by atoms with van der Waals surface area (Å²) in [5.41, 5.74) is 1.96. The van der Waals surface area contributed by atoms with E-state index in [4.69, 9.17) is 9.84 Å². The highest BCUT2D eigenvalue weighted by atomic mass is 16.5. The lowest BCUT2D eigenvalue weighted by Gasteiger charge is -2.25. The van der Waals surface area contributed by atoms with Gasteiger partial charge in [0.1, 0.15) is 12.4 Å². The van der Waals surface area contributed by atoms with Crippen molar-refractivity contribution in [3.63, 3.8) is 0 Å². The summed E-state index contributed by atoms with van der Waals surface area (Å²) >= 11 is 0. The van der Waals surface area contributed by atoms with Crippen molar-refractivity contribution in [2.75, 3.05) is 20.3 Å². The van der Waals surface area contributed by atoms with Gasteiger partial charge in [-0.1, -0.05) is 48.5 Å². The van der Waals surface area contributed by atoms with E-state index >= 15 is 0 Å². The standard InChI is InChI=1S/C19H24N2O3/c1-15(16-8-4-3-5-9-16)21(2)19(23)20-14-17-10-6-7-11-18(17)24-13-12-22/h3-11,15,22H,12-14H2,1-2H3,(H,20,23). The largest absolute Gasteiger partial charge is 0.491 e. The van der Waals surface area contributed by atoms with Crippen molar-refractivity contribution in [1.82, 2.24) is 10.2 Å². The van der Waals surface area contributed by atoms with Crippen LogP contribution in [0.3, 0.4) is 0 Å². The number of aliphatic hydroxyl groups is 1. The molecule has 0 spiro atoms. The molecule has 2 N–H and O–H groups in total. The Morgan fingerprint density at radius 2 is 1.83 bits per heavy atom. The number of carbonyl (C=O) groups is 1. The van der Waals surface area contributed by atoms with Gasteiger partial charge in [-0.05, 0) is 18.6 Å². The first-order chi connectivity index (χ1) is 11.6. The van der Waals surface area contributed by atoms with Crippen molar-refractivity contribution >= 4 is 6.03 Å². The average molecular weight is 328 g/mol. The van der Waals surface area contributed by atoms with Crippen molar-refractivity contribution in [1.29, 1.82) is 0 Å². The molecular weight excluding hydrogens is 304 g/mol. The van der Waals surface area contributed by atoms with E-state index in [1.165, 1.54) is 0 Å². The molecule has 0 aromatic heterocycles. The van der Waals surface area contributed by atoms with Gasteiger partial charge in [-0.2, -0.15) is 0 Å². The lowest BCUT2D eigenvalue weighted by Crippen LogP contribution is -2.38. The Morgan fingerprint density at radius 3 is 2.54 bits per heavy atom. The zero-order valence-electron chi connectivity index (χ0n) is 14.1. The van der Waals surface area contributed by atoms with Crippen molar-refractivity contribution in [2.45, 2.75) is 19.5 Å². The van der Waals surface area contributed by atoms with E-state index in [9.17, 15) is 4.79 Å². The van der Waals surface area contributed by atoms with Crippen LogP contribution >= 0.6 is 0 Å². The van der Waals surface area contributed by atoms with Crippen LogP contribution in [0.1, 0.15) is 24.1 Å². The molecule has 0 saturated carbocycles. The van der Waals surface area contributed by atoms with Crippen molar-refractivity contribution in [3.05, 3.63) is 65.7 Å². The van der Waals surface area contributed by atoms with Gasteiger partial charge in [0.25, 0.3) is 0 Å². The fraction of sp³-hybridized carbons (Fsp3) is 0.316. The first-order valence-electron chi connectivity index (χ1n) is 8.00. The summed E-state index contributed by atoms with van der Waals surface area (Å²) in [5.74, 6) is 0.672. The van der Waals surface area contributed by atoms with Crippen LogP contribution < -0.4 is 10.1 Å². The first-order valence-corrected chi connectivity index (χ1v) is 8.00. The Bertz CT molecular complexity index is 646. The van der Waals surface area contributed by atoms with Crippen LogP contribution in [0.5, 0.6) is 5.75 Å². The van der Waals surface area contributed by atoms with Gasteiger partial charge in [-0.3, -0.25) is 0 Å². The van der Waals surface area contributed by atoms with Gasteiger partial charge in [-0.15, -0.1) is 0 Å². The number of nitrogens with zero attached hydrogens (tertiary/aromatic N) is 1. The molecule has 0 saturated heterocycles. The molecule has 5 heteroatoms. The smallest absolute Gasteiger partial charge is 0.317 e. The number of nitrogens with one attached hydrogen (secondary N) is 1. The molecule has 0 heterocycles. The van der Waals surface area contributed by atoms with E-state index < -0.39 is 0 Å². The zero-order valence-corrected chi connectivity index (χ0v) is 14.1. The number of benzene rings is 2. The van der Waals surface area contributed by atoms with E-state index in [0.717, 1.165) is 11.1 Å². The number of para-hydroxylation sites is 1. The quantitative estimate of drug-likeness (QED) is 0.821. The Labute approximate surface area is 142 Å². The molecular formula is C19H24N2O3. The molecule has 0 aliphatic rings. The minimum Gasteiger partial charge on any atom is -0.491 e. The molecule has 0 bridgehead atoms. The summed E-state index contributed by atoms with van der Waals surface area (Å²) < 4.78 is 5.48. The number of rotatable bonds is 7.